The number of halogens is 6. The van der Waals surface area contributed by atoms with Crippen molar-refractivity contribution in [2.45, 2.75) is 10.8 Å². The van der Waals surface area contributed by atoms with E-state index < -0.39 is 23.9 Å². The van der Waals surface area contributed by atoms with Gasteiger partial charge in [0, 0.05) is 0 Å². The summed E-state index contributed by atoms with van der Waals surface area (Å²) in [6, 6.07) is 0. The summed E-state index contributed by atoms with van der Waals surface area (Å²) >= 11 is 8.76. The minimum Gasteiger partial charge on any atom is -0.303 e. The Bertz CT molecular complexity index is 104. The monoisotopic (exact) mass is 213 g/mol. The van der Waals surface area contributed by atoms with Crippen LogP contribution in [0.5, 0.6) is 0 Å². The summed E-state index contributed by atoms with van der Waals surface area (Å²) in [6.07, 6.45) is 0. The Morgan fingerprint density at radius 1 is 0.909 bits per heavy atom. The van der Waals surface area contributed by atoms with Gasteiger partial charge in [0.25, 0.3) is 0 Å². The highest BCUT2D eigenvalue weighted by Crippen LogP contribution is 2.19. The van der Waals surface area contributed by atoms with E-state index in [0.717, 1.165) is 0 Å². The highest BCUT2D eigenvalue weighted by molar-refractivity contribution is 6.22. The Morgan fingerprint density at radius 2 is 1.18 bits per heavy atom. The van der Waals surface area contributed by atoms with E-state index in [9.17, 15) is 17.6 Å². The van der Waals surface area contributed by atoms with Gasteiger partial charge in [-0.1, -0.05) is 0 Å². The molecule has 0 fully saturated rings. The lowest BCUT2D eigenvalue weighted by molar-refractivity contribution is 0.0672. The number of alkyl halides is 6. The second-order valence-electron chi connectivity index (χ2n) is 1.83. The molecule has 0 atom stereocenters. The van der Waals surface area contributed by atoms with E-state index in [1.54, 1.807) is 5.32 Å². The number of hydrogen-bond acceptors (Lipinski definition) is 1. The zero-order valence-corrected chi connectivity index (χ0v) is 6.69. The summed E-state index contributed by atoms with van der Waals surface area (Å²) in [5.74, 6) is 0. The maximum absolute atomic E-state index is 11.7. The van der Waals surface area contributed by atoms with Crippen molar-refractivity contribution in [3.05, 3.63) is 0 Å². The molecule has 0 radical (unpaired) electrons. The van der Waals surface area contributed by atoms with Crippen molar-refractivity contribution < 1.29 is 17.6 Å². The molecule has 0 saturated heterocycles. The van der Waals surface area contributed by atoms with E-state index in [1.807, 2.05) is 0 Å². The maximum atomic E-state index is 11.7. The molecule has 0 aromatic carbocycles. The Morgan fingerprint density at radius 3 is 1.36 bits per heavy atom. The predicted molar refractivity (Wildman–Crippen MR) is 34.5 cm³/mol. The molecule has 0 heterocycles. The molecule has 0 aromatic rings. The van der Waals surface area contributed by atoms with Gasteiger partial charge in [-0.25, -0.2) is 0 Å². The molecule has 0 spiro atoms. The van der Waals surface area contributed by atoms with Gasteiger partial charge in [0.2, 0.25) is 0 Å². The quantitative estimate of drug-likeness (QED) is 0.558. The third-order valence-electron chi connectivity index (χ3n) is 0.651. The third kappa shape index (κ3) is 10.3. The largest absolute Gasteiger partial charge is 0.333 e. The molecule has 0 saturated carbocycles. The van der Waals surface area contributed by atoms with Crippen LogP contribution in [0, 0.1) is 0 Å². The zero-order chi connectivity index (χ0) is 9.12. The first kappa shape index (κ1) is 11.3. The Labute approximate surface area is 70.7 Å². The third-order valence-corrected chi connectivity index (χ3v) is 0.918. The van der Waals surface area contributed by atoms with Crippen LogP contribution in [-0.4, -0.2) is 23.9 Å². The van der Waals surface area contributed by atoms with E-state index in [2.05, 4.69) is 23.2 Å². The Kier molecular flexibility index (Phi) is 3.87. The van der Waals surface area contributed by atoms with Crippen molar-refractivity contribution in [3.63, 3.8) is 0 Å². The minimum absolute atomic E-state index is 1.03. The van der Waals surface area contributed by atoms with E-state index in [0.29, 0.717) is 0 Å². The first-order chi connectivity index (χ1) is 4.71. The topological polar surface area (TPSA) is 12.0 Å². The SMILES string of the molecule is FC(F)(Cl)CNCC(F)(F)Cl. The summed E-state index contributed by atoms with van der Waals surface area (Å²) in [5, 5.41) is -5.32. The lowest BCUT2D eigenvalue weighted by atomic mass is 10.6. The molecular weight excluding hydrogens is 209 g/mol. The van der Waals surface area contributed by atoms with Crippen molar-refractivity contribution in [3.8, 4) is 0 Å². The van der Waals surface area contributed by atoms with Gasteiger partial charge >= 0.3 is 10.8 Å². The van der Waals surface area contributed by atoms with Crippen LogP contribution in [-0.2, 0) is 0 Å². The Balaban J connectivity index is 3.44. The molecule has 0 amide bonds. The molecule has 0 bridgehead atoms. The minimum atomic E-state index is -3.51. The highest BCUT2D eigenvalue weighted by atomic mass is 35.5. The molecule has 0 aliphatic heterocycles. The molecule has 0 unspecified atom stereocenters. The van der Waals surface area contributed by atoms with Crippen molar-refractivity contribution in [1.82, 2.24) is 5.32 Å². The van der Waals surface area contributed by atoms with Crippen LogP contribution in [0.1, 0.15) is 0 Å². The van der Waals surface area contributed by atoms with Gasteiger partial charge in [0.05, 0.1) is 13.1 Å². The molecule has 11 heavy (non-hydrogen) atoms. The van der Waals surface area contributed by atoms with Gasteiger partial charge in [-0.3, -0.25) is 0 Å². The fourth-order valence-electron chi connectivity index (χ4n) is 0.346. The first-order valence-corrected chi connectivity index (χ1v) is 3.30. The molecule has 0 aromatic heterocycles. The lowest BCUT2D eigenvalue weighted by Crippen LogP contribution is -2.34. The predicted octanol–water partition coefficient (Wildman–Crippen LogP) is 2.24. The molecule has 0 aliphatic rings. The van der Waals surface area contributed by atoms with E-state index in [1.165, 1.54) is 0 Å². The van der Waals surface area contributed by atoms with Crippen molar-refractivity contribution >= 4 is 23.2 Å². The highest BCUT2D eigenvalue weighted by Gasteiger charge is 2.28. The van der Waals surface area contributed by atoms with Crippen LogP contribution in [0.3, 0.4) is 0 Å². The summed E-state index contributed by atoms with van der Waals surface area (Å²) in [5.41, 5.74) is 0. The van der Waals surface area contributed by atoms with Crippen LogP contribution in [0.25, 0.3) is 0 Å². The maximum Gasteiger partial charge on any atom is 0.333 e. The van der Waals surface area contributed by atoms with Gasteiger partial charge in [-0.05, 0) is 23.2 Å². The fourth-order valence-corrected chi connectivity index (χ4v) is 0.535. The summed E-state index contributed by atoms with van der Waals surface area (Å²) in [4.78, 5) is 0. The van der Waals surface area contributed by atoms with E-state index >= 15 is 0 Å². The second-order valence-corrected chi connectivity index (χ2v) is 2.94. The van der Waals surface area contributed by atoms with Gasteiger partial charge in [0.15, 0.2) is 0 Å². The van der Waals surface area contributed by atoms with Crippen LogP contribution >= 0.6 is 23.2 Å². The molecule has 7 heteroatoms. The molecule has 1 nitrogen and oxygen atoms in total. The van der Waals surface area contributed by atoms with Crippen LogP contribution in [0.15, 0.2) is 0 Å². The van der Waals surface area contributed by atoms with E-state index in [4.69, 9.17) is 0 Å². The fraction of sp³-hybridized carbons (Fsp3) is 1.00. The number of rotatable bonds is 4. The van der Waals surface area contributed by atoms with Gasteiger partial charge in [0.1, 0.15) is 0 Å². The standard InChI is InChI=1S/C4H5Cl2F4N/c5-3(7,8)1-11-2-4(6,9)10/h11H,1-2H2. The second kappa shape index (κ2) is 3.78. The normalized spacial score (nSPS) is 13.6. The average Bonchev–Trinajstić information content (AvgIpc) is 1.55. The summed E-state index contributed by atoms with van der Waals surface area (Å²) in [7, 11) is 0. The molecule has 68 valence electrons. The lowest BCUT2D eigenvalue weighted by Gasteiger charge is -2.11. The van der Waals surface area contributed by atoms with E-state index in [-0.39, 0.29) is 0 Å². The Hall–Kier alpha value is 0.260. The van der Waals surface area contributed by atoms with Crippen LogP contribution in [0.4, 0.5) is 17.6 Å². The van der Waals surface area contributed by atoms with Crippen molar-refractivity contribution in [2.24, 2.45) is 0 Å². The number of hydrogen-bond donors (Lipinski definition) is 1. The van der Waals surface area contributed by atoms with Crippen molar-refractivity contribution in [1.29, 1.82) is 0 Å². The molecule has 0 aliphatic carbocycles. The van der Waals surface area contributed by atoms with Crippen LogP contribution in [0.2, 0.25) is 0 Å². The summed E-state index contributed by atoms with van der Waals surface area (Å²) < 4.78 is 46.8. The van der Waals surface area contributed by atoms with Gasteiger partial charge in [-0.15, -0.1) is 0 Å². The van der Waals surface area contributed by atoms with Gasteiger partial charge in [-0.2, -0.15) is 17.6 Å². The first-order valence-electron chi connectivity index (χ1n) is 2.55. The smallest absolute Gasteiger partial charge is 0.303 e. The average molecular weight is 214 g/mol. The number of nitrogens with one attached hydrogen (secondary N) is 1. The van der Waals surface area contributed by atoms with Crippen LogP contribution < -0.4 is 5.32 Å². The zero-order valence-electron chi connectivity index (χ0n) is 5.18. The van der Waals surface area contributed by atoms with Crippen molar-refractivity contribution in [2.75, 3.05) is 13.1 Å². The molecular formula is C4H5Cl2F4N. The molecule has 0 rings (SSSR count). The molecule has 1 N–H and O–H groups in total. The van der Waals surface area contributed by atoms with Gasteiger partial charge < -0.3 is 5.32 Å². The summed E-state index contributed by atoms with van der Waals surface area (Å²) in [6.45, 7) is -2.06.